The fourth-order valence-corrected chi connectivity index (χ4v) is 8.76. The fraction of sp³-hybridized carbons (Fsp3) is 0.926. The van der Waals surface area contributed by atoms with Crippen molar-refractivity contribution in [2.24, 2.45) is 46.3 Å². The zero-order valence-electron chi connectivity index (χ0n) is 20.2. The third-order valence-electron chi connectivity index (χ3n) is 10.8. The Morgan fingerprint density at radius 2 is 1.74 bits per heavy atom. The molecule has 4 aliphatic rings. The average molecular weight is 435 g/mol. The number of aliphatic hydroxyl groups excluding tert-OH is 1. The van der Waals surface area contributed by atoms with Crippen molar-refractivity contribution in [2.45, 2.75) is 110 Å². The Morgan fingerprint density at radius 1 is 1.00 bits per heavy atom. The lowest BCUT2D eigenvalue weighted by molar-refractivity contribution is -0.340. The van der Waals surface area contributed by atoms with E-state index in [2.05, 4.69) is 26.8 Å². The van der Waals surface area contributed by atoms with E-state index >= 15 is 0 Å². The van der Waals surface area contributed by atoms with Gasteiger partial charge in [0.2, 0.25) is 0 Å². The largest absolute Gasteiger partial charge is 0.393 e. The van der Waals surface area contributed by atoms with Crippen molar-refractivity contribution in [1.82, 2.24) is 0 Å². The first kappa shape index (κ1) is 23.7. The minimum atomic E-state index is -2.55. The van der Waals surface area contributed by atoms with Gasteiger partial charge in [-0.2, -0.15) is 0 Å². The topological polar surface area (TPSA) is 80.9 Å². The fourth-order valence-electron chi connectivity index (χ4n) is 8.76. The second kappa shape index (κ2) is 8.42. The zero-order chi connectivity index (χ0) is 22.6. The Kier molecular flexibility index (Phi) is 6.44. The Hall–Kier alpha value is -0.420. The van der Waals surface area contributed by atoms with Gasteiger partial charge in [-0.05, 0) is 98.2 Å². The minimum absolute atomic E-state index is 0.128. The van der Waals surface area contributed by atoms with Crippen molar-refractivity contribution in [1.29, 1.82) is 0 Å². The van der Waals surface area contributed by atoms with Crippen molar-refractivity contribution in [2.75, 3.05) is 0 Å². The molecule has 0 saturated heterocycles. The molecule has 3 saturated carbocycles. The van der Waals surface area contributed by atoms with Crippen LogP contribution in [0.5, 0.6) is 0 Å². The van der Waals surface area contributed by atoms with Crippen molar-refractivity contribution in [3.05, 3.63) is 11.6 Å². The first-order valence-corrected chi connectivity index (χ1v) is 13.0. The summed E-state index contributed by atoms with van der Waals surface area (Å²) in [6.45, 7) is 9.19. The molecular weight excluding hydrogens is 388 g/mol. The second-order valence-corrected chi connectivity index (χ2v) is 12.4. The van der Waals surface area contributed by atoms with Crippen LogP contribution in [0.2, 0.25) is 0 Å². The second-order valence-electron chi connectivity index (χ2n) is 12.4. The van der Waals surface area contributed by atoms with Gasteiger partial charge in [-0.1, -0.05) is 52.2 Å². The highest BCUT2D eigenvalue weighted by molar-refractivity contribution is 5.25. The summed E-state index contributed by atoms with van der Waals surface area (Å²) in [5.41, 5.74) is 2.30. The molecule has 0 aromatic heterocycles. The number of fused-ring (bicyclic) bond motifs is 5. The molecule has 0 amide bonds. The van der Waals surface area contributed by atoms with E-state index in [0.29, 0.717) is 23.2 Å². The highest BCUT2D eigenvalue weighted by Crippen LogP contribution is 2.67. The number of rotatable bonds is 6. The molecule has 0 bridgehead atoms. The summed E-state index contributed by atoms with van der Waals surface area (Å²) in [5, 5.41) is 38.3. The molecule has 0 aromatic carbocycles. The molecule has 0 radical (unpaired) electrons. The van der Waals surface area contributed by atoms with Crippen LogP contribution in [0.25, 0.3) is 0 Å². The predicted molar refractivity (Wildman–Crippen MR) is 123 cm³/mol. The lowest BCUT2D eigenvalue weighted by atomic mass is 9.47. The molecule has 4 rings (SSSR count). The zero-order valence-corrected chi connectivity index (χ0v) is 20.2. The summed E-state index contributed by atoms with van der Waals surface area (Å²) in [7, 11) is 0. The Morgan fingerprint density at radius 3 is 2.45 bits per heavy atom. The van der Waals surface area contributed by atoms with E-state index in [4.69, 9.17) is 0 Å². The van der Waals surface area contributed by atoms with Gasteiger partial charge in [-0.3, -0.25) is 0 Å². The van der Waals surface area contributed by atoms with Gasteiger partial charge in [-0.15, -0.1) is 0 Å². The van der Waals surface area contributed by atoms with Crippen molar-refractivity contribution in [3.63, 3.8) is 0 Å². The van der Waals surface area contributed by atoms with E-state index < -0.39 is 11.9 Å². The van der Waals surface area contributed by atoms with Gasteiger partial charge in [-0.25, -0.2) is 0 Å². The third-order valence-corrected chi connectivity index (χ3v) is 10.8. The summed E-state index contributed by atoms with van der Waals surface area (Å²) in [4.78, 5) is 0. The predicted octanol–water partition coefficient (Wildman–Crippen LogP) is 5.00. The maximum Gasteiger partial charge on any atom is 0.277 e. The summed E-state index contributed by atoms with van der Waals surface area (Å²) in [5.74, 6) is 0.740. The molecule has 4 N–H and O–H groups in total. The SMILES string of the molecule is CC(CCC[C@@H](C)[C@H]1CC[C@H]2[C@@H]3CC=C4C[C@@H](O)CC[C@]4(C)[C@H]3CC[C@]12C)C(O)(O)O. The average Bonchev–Trinajstić information content (AvgIpc) is 3.05. The lowest BCUT2D eigenvalue weighted by Gasteiger charge is -2.58. The van der Waals surface area contributed by atoms with Crippen LogP contribution in [0.4, 0.5) is 0 Å². The third kappa shape index (κ3) is 4.16. The van der Waals surface area contributed by atoms with E-state index in [0.717, 1.165) is 55.8 Å². The molecule has 178 valence electrons. The Bertz CT molecular complexity index is 681. The quantitative estimate of drug-likeness (QED) is 0.350. The molecular formula is C27H46O4. The van der Waals surface area contributed by atoms with Gasteiger partial charge < -0.3 is 20.4 Å². The van der Waals surface area contributed by atoms with Gasteiger partial charge in [0.05, 0.1) is 6.10 Å². The van der Waals surface area contributed by atoms with Crippen LogP contribution >= 0.6 is 0 Å². The highest BCUT2D eigenvalue weighted by Gasteiger charge is 2.59. The minimum Gasteiger partial charge on any atom is -0.393 e. The van der Waals surface area contributed by atoms with Gasteiger partial charge in [0.1, 0.15) is 0 Å². The molecule has 31 heavy (non-hydrogen) atoms. The molecule has 4 nitrogen and oxygen atoms in total. The molecule has 0 heterocycles. The molecule has 1 unspecified atom stereocenters. The highest BCUT2D eigenvalue weighted by atomic mass is 16.7. The van der Waals surface area contributed by atoms with Gasteiger partial charge in [0, 0.05) is 5.92 Å². The molecule has 4 aliphatic carbocycles. The Labute approximate surface area is 189 Å². The Balaban J connectivity index is 1.42. The van der Waals surface area contributed by atoms with Gasteiger partial charge >= 0.3 is 0 Å². The monoisotopic (exact) mass is 434 g/mol. The lowest BCUT2D eigenvalue weighted by Crippen LogP contribution is -2.50. The van der Waals surface area contributed by atoms with Crippen LogP contribution in [-0.2, 0) is 0 Å². The van der Waals surface area contributed by atoms with E-state index in [1.807, 2.05) is 0 Å². The van der Waals surface area contributed by atoms with E-state index in [1.54, 1.807) is 12.5 Å². The van der Waals surface area contributed by atoms with E-state index in [9.17, 15) is 20.4 Å². The number of hydrogen-bond acceptors (Lipinski definition) is 4. The van der Waals surface area contributed by atoms with Crippen molar-refractivity contribution >= 4 is 0 Å². The smallest absolute Gasteiger partial charge is 0.277 e. The summed E-state index contributed by atoms with van der Waals surface area (Å²) < 4.78 is 0. The number of aliphatic hydroxyl groups is 4. The summed E-state index contributed by atoms with van der Waals surface area (Å²) >= 11 is 0. The standard InChI is InChI=1S/C27H46O4/c1-17(6-5-7-18(2)27(29,30)31)22-10-11-23-21-9-8-19-16-20(28)12-14-25(19,3)24(21)13-15-26(22,23)4/h8,17-18,20-24,28-31H,5-7,9-16H2,1-4H3/t17-,18?,20+,21+,22-,23+,24+,25+,26-/m1/s1. The number of hydrogen-bond donors (Lipinski definition) is 4. The first-order valence-electron chi connectivity index (χ1n) is 13.0. The molecule has 4 heteroatoms. The van der Waals surface area contributed by atoms with Gasteiger partial charge in [0.15, 0.2) is 0 Å². The van der Waals surface area contributed by atoms with Crippen molar-refractivity contribution < 1.29 is 20.4 Å². The molecule has 0 spiro atoms. The van der Waals surface area contributed by atoms with E-state index in [-0.39, 0.29) is 6.10 Å². The summed E-state index contributed by atoms with van der Waals surface area (Å²) in [6, 6.07) is 0. The maximum absolute atomic E-state index is 10.2. The van der Waals surface area contributed by atoms with Crippen LogP contribution in [-0.4, -0.2) is 32.5 Å². The first-order chi connectivity index (χ1) is 14.5. The maximum atomic E-state index is 10.2. The molecule has 9 atom stereocenters. The molecule has 0 aromatic rings. The molecule has 3 fully saturated rings. The van der Waals surface area contributed by atoms with Crippen LogP contribution in [0.15, 0.2) is 11.6 Å². The van der Waals surface area contributed by atoms with Crippen LogP contribution in [0.3, 0.4) is 0 Å². The van der Waals surface area contributed by atoms with Crippen LogP contribution in [0, 0.1) is 46.3 Å². The normalized spacial score (nSPS) is 44.6. The number of allylic oxidation sites excluding steroid dienone is 1. The van der Waals surface area contributed by atoms with Crippen LogP contribution in [0.1, 0.15) is 98.3 Å². The van der Waals surface area contributed by atoms with Gasteiger partial charge in [0.25, 0.3) is 5.97 Å². The van der Waals surface area contributed by atoms with Crippen molar-refractivity contribution in [3.8, 4) is 0 Å². The summed E-state index contributed by atoms with van der Waals surface area (Å²) in [6.07, 6.45) is 14.7. The van der Waals surface area contributed by atoms with Crippen LogP contribution < -0.4 is 0 Å². The molecule has 0 aliphatic heterocycles. The van der Waals surface area contributed by atoms with E-state index in [1.165, 1.54) is 32.1 Å².